The summed E-state index contributed by atoms with van der Waals surface area (Å²) in [7, 11) is -3.59. The number of nitrogens with one attached hydrogen (secondary N) is 1. The van der Waals surface area contributed by atoms with Crippen molar-refractivity contribution in [2.75, 3.05) is 18.4 Å². The minimum atomic E-state index is -3.59. The second-order valence-electron chi connectivity index (χ2n) is 6.62. The molecule has 1 saturated heterocycles. The van der Waals surface area contributed by atoms with E-state index in [4.69, 9.17) is 11.6 Å². The molecule has 0 aliphatic carbocycles. The van der Waals surface area contributed by atoms with Crippen LogP contribution in [0.15, 0.2) is 41.4 Å². The number of aryl methyl sites for hydroxylation is 1. The van der Waals surface area contributed by atoms with Crippen LogP contribution in [0, 0.1) is 6.92 Å². The van der Waals surface area contributed by atoms with Crippen LogP contribution in [-0.4, -0.2) is 36.7 Å². The standard InChI is InChI=1S/C19H22ClN3O3S/c1-14-6-8-16(22-19(24)15-7-9-18(20)21-13-15)12-17(14)27(25,26)23-10-4-2-3-5-11-23/h6-9,12-13H,2-5,10-11H2,1H3,(H,22,24). The Morgan fingerprint density at radius 1 is 1.11 bits per heavy atom. The molecular weight excluding hydrogens is 386 g/mol. The van der Waals surface area contributed by atoms with Gasteiger partial charge in [0, 0.05) is 25.0 Å². The van der Waals surface area contributed by atoms with Crippen molar-refractivity contribution in [2.24, 2.45) is 0 Å². The SMILES string of the molecule is Cc1ccc(NC(=O)c2ccc(Cl)nc2)cc1S(=O)(=O)N1CCCCCC1. The van der Waals surface area contributed by atoms with Gasteiger partial charge >= 0.3 is 0 Å². The number of anilines is 1. The first-order valence-electron chi connectivity index (χ1n) is 8.91. The highest BCUT2D eigenvalue weighted by atomic mass is 35.5. The topological polar surface area (TPSA) is 79.4 Å². The van der Waals surface area contributed by atoms with Crippen LogP contribution in [0.3, 0.4) is 0 Å². The Bertz CT molecular complexity index is 922. The third-order valence-electron chi connectivity index (χ3n) is 4.62. The lowest BCUT2D eigenvalue weighted by Gasteiger charge is -2.21. The van der Waals surface area contributed by atoms with Gasteiger partial charge in [0.2, 0.25) is 10.0 Å². The molecule has 0 bridgehead atoms. The van der Waals surface area contributed by atoms with E-state index in [-0.39, 0.29) is 10.8 Å². The first-order valence-corrected chi connectivity index (χ1v) is 10.7. The quantitative estimate of drug-likeness (QED) is 0.780. The van der Waals surface area contributed by atoms with Crippen molar-refractivity contribution in [3.63, 3.8) is 0 Å². The van der Waals surface area contributed by atoms with Gasteiger partial charge in [0.25, 0.3) is 5.91 Å². The van der Waals surface area contributed by atoms with Crippen molar-refractivity contribution in [1.82, 2.24) is 9.29 Å². The van der Waals surface area contributed by atoms with Gasteiger partial charge in [-0.2, -0.15) is 4.31 Å². The summed E-state index contributed by atoms with van der Waals surface area (Å²) in [6, 6.07) is 8.02. The highest BCUT2D eigenvalue weighted by Gasteiger charge is 2.27. The van der Waals surface area contributed by atoms with Gasteiger partial charge in [-0.1, -0.05) is 30.5 Å². The number of pyridine rings is 1. The van der Waals surface area contributed by atoms with Gasteiger partial charge in [0.15, 0.2) is 0 Å². The van der Waals surface area contributed by atoms with E-state index in [1.165, 1.54) is 18.3 Å². The lowest BCUT2D eigenvalue weighted by atomic mass is 10.2. The number of carbonyl (C=O) groups excluding carboxylic acids is 1. The van der Waals surface area contributed by atoms with Crippen molar-refractivity contribution >= 4 is 33.2 Å². The zero-order chi connectivity index (χ0) is 19.4. The number of hydrogen-bond donors (Lipinski definition) is 1. The number of hydrogen-bond acceptors (Lipinski definition) is 4. The summed E-state index contributed by atoms with van der Waals surface area (Å²) >= 11 is 5.74. The van der Waals surface area contributed by atoms with E-state index < -0.39 is 10.0 Å². The van der Waals surface area contributed by atoms with E-state index in [9.17, 15) is 13.2 Å². The van der Waals surface area contributed by atoms with E-state index >= 15 is 0 Å². The highest BCUT2D eigenvalue weighted by Crippen LogP contribution is 2.26. The number of rotatable bonds is 4. The van der Waals surface area contributed by atoms with Crippen LogP contribution in [0.5, 0.6) is 0 Å². The monoisotopic (exact) mass is 407 g/mol. The van der Waals surface area contributed by atoms with Crippen LogP contribution in [0.2, 0.25) is 5.15 Å². The van der Waals surface area contributed by atoms with Gasteiger partial charge < -0.3 is 5.32 Å². The van der Waals surface area contributed by atoms with Crippen LogP contribution in [0.1, 0.15) is 41.6 Å². The molecule has 6 nitrogen and oxygen atoms in total. The van der Waals surface area contributed by atoms with Crippen molar-refractivity contribution in [1.29, 1.82) is 0 Å². The van der Waals surface area contributed by atoms with Crippen molar-refractivity contribution in [3.05, 3.63) is 52.8 Å². The lowest BCUT2D eigenvalue weighted by molar-refractivity contribution is 0.102. The molecule has 1 aliphatic heterocycles. The zero-order valence-electron chi connectivity index (χ0n) is 15.1. The number of benzene rings is 1. The van der Waals surface area contributed by atoms with E-state index in [0.29, 0.717) is 35.1 Å². The Morgan fingerprint density at radius 2 is 1.81 bits per heavy atom. The van der Waals surface area contributed by atoms with Crippen molar-refractivity contribution in [3.8, 4) is 0 Å². The van der Waals surface area contributed by atoms with Crippen LogP contribution in [-0.2, 0) is 10.0 Å². The summed E-state index contributed by atoms with van der Waals surface area (Å²) in [6.07, 6.45) is 5.23. The average Bonchev–Trinajstić information content (AvgIpc) is 2.93. The van der Waals surface area contributed by atoms with E-state index in [1.54, 1.807) is 29.4 Å². The predicted octanol–water partition coefficient (Wildman–Crippen LogP) is 3.86. The average molecular weight is 408 g/mol. The summed E-state index contributed by atoms with van der Waals surface area (Å²) in [4.78, 5) is 16.5. The molecule has 0 atom stereocenters. The Kier molecular flexibility index (Phi) is 6.14. The Labute approximate surface area is 164 Å². The third-order valence-corrected chi connectivity index (χ3v) is 6.88. The minimum absolute atomic E-state index is 0.233. The molecule has 1 amide bonds. The molecule has 144 valence electrons. The van der Waals surface area contributed by atoms with Crippen molar-refractivity contribution < 1.29 is 13.2 Å². The normalized spacial score (nSPS) is 15.9. The fraction of sp³-hybridized carbons (Fsp3) is 0.368. The Morgan fingerprint density at radius 3 is 2.44 bits per heavy atom. The Hall–Kier alpha value is -1.96. The number of halogens is 1. The van der Waals surface area contributed by atoms with Gasteiger partial charge in [0.1, 0.15) is 5.15 Å². The molecule has 1 aromatic carbocycles. The van der Waals surface area contributed by atoms with Gasteiger partial charge in [0.05, 0.1) is 10.5 Å². The molecule has 0 spiro atoms. The first-order chi connectivity index (χ1) is 12.9. The number of aromatic nitrogens is 1. The maximum atomic E-state index is 13.1. The molecule has 1 fully saturated rings. The number of amides is 1. The van der Waals surface area contributed by atoms with Gasteiger partial charge in [-0.05, 0) is 49.6 Å². The molecule has 3 rings (SSSR count). The molecule has 2 heterocycles. The summed E-state index contributed by atoms with van der Waals surface area (Å²) in [6.45, 7) is 2.84. The van der Waals surface area contributed by atoms with Crippen LogP contribution in [0.25, 0.3) is 0 Å². The number of carbonyl (C=O) groups is 1. The maximum absolute atomic E-state index is 13.1. The zero-order valence-corrected chi connectivity index (χ0v) is 16.7. The van der Waals surface area contributed by atoms with Gasteiger partial charge in [-0.3, -0.25) is 4.79 Å². The number of nitrogens with zero attached hydrogens (tertiary/aromatic N) is 2. The molecule has 0 radical (unpaired) electrons. The molecule has 8 heteroatoms. The summed E-state index contributed by atoms with van der Waals surface area (Å²) in [5.74, 6) is -0.374. The van der Waals surface area contributed by atoms with Crippen LogP contribution >= 0.6 is 11.6 Å². The van der Waals surface area contributed by atoms with Crippen molar-refractivity contribution in [2.45, 2.75) is 37.5 Å². The first kappa shape index (κ1) is 19.8. The third kappa shape index (κ3) is 4.66. The molecule has 2 aromatic rings. The lowest BCUT2D eigenvalue weighted by Crippen LogP contribution is -2.32. The maximum Gasteiger partial charge on any atom is 0.257 e. The summed E-state index contributed by atoms with van der Waals surface area (Å²) < 4.78 is 27.7. The highest BCUT2D eigenvalue weighted by molar-refractivity contribution is 7.89. The van der Waals surface area contributed by atoms with Gasteiger partial charge in [-0.15, -0.1) is 0 Å². The predicted molar refractivity (Wildman–Crippen MR) is 106 cm³/mol. The summed E-state index contributed by atoms with van der Waals surface area (Å²) in [5, 5.41) is 3.03. The molecular formula is C19H22ClN3O3S. The molecule has 0 unspecified atom stereocenters. The fourth-order valence-electron chi connectivity index (χ4n) is 3.09. The molecule has 1 N–H and O–H groups in total. The fourth-order valence-corrected chi connectivity index (χ4v) is 4.97. The molecule has 1 aliphatic rings. The van der Waals surface area contributed by atoms with Crippen LogP contribution in [0.4, 0.5) is 5.69 Å². The molecule has 1 aromatic heterocycles. The molecule has 27 heavy (non-hydrogen) atoms. The van der Waals surface area contributed by atoms with E-state index in [0.717, 1.165) is 25.7 Å². The Balaban J connectivity index is 1.85. The largest absolute Gasteiger partial charge is 0.322 e. The van der Waals surface area contributed by atoms with Gasteiger partial charge in [-0.25, -0.2) is 13.4 Å². The number of sulfonamides is 1. The summed E-state index contributed by atoms with van der Waals surface area (Å²) in [5.41, 5.74) is 1.43. The molecule has 0 saturated carbocycles. The second-order valence-corrected chi connectivity index (χ2v) is 8.92. The van der Waals surface area contributed by atoms with Crippen LogP contribution < -0.4 is 5.32 Å². The van der Waals surface area contributed by atoms with E-state index in [2.05, 4.69) is 10.3 Å². The second kappa shape index (κ2) is 8.37. The van der Waals surface area contributed by atoms with E-state index in [1.807, 2.05) is 0 Å². The minimum Gasteiger partial charge on any atom is -0.322 e. The smallest absolute Gasteiger partial charge is 0.257 e.